The van der Waals surface area contributed by atoms with Crippen molar-refractivity contribution in [1.29, 1.82) is 5.26 Å². The Morgan fingerprint density at radius 1 is 1.37 bits per heavy atom. The highest BCUT2D eigenvalue weighted by molar-refractivity contribution is 5.34. The largest absolute Gasteiger partial charge is 0.377 e. The van der Waals surface area contributed by atoms with E-state index in [0.717, 1.165) is 12.1 Å². The number of hydrogen-bond acceptors (Lipinski definition) is 3. The van der Waals surface area contributed by atoms with Gasteiger partial charge in [-0.25, -0.2) is 4.39 Å². The summed E-state index contributed by atoms with van der Waals surface area (Å²) in [5, 5.41) is 12.0. The molecule has 1 aromatic rings. The fourth-order valence-corrected chi connectivity index (χ4v) is 2.35. The lowest BCUT2D eigenvalue weighted by Crippen LogP contribution is -2.21. The molecular weight excluding hydrogens is 243 g/mol. The molecule has 1 fully saturated rings. The van der Waals surface area contributed by atoms with Crippen LogP contribution in [-0.4, -0.2) is 19.3 Å². The van der Waals surface area contributed by atoms with Crippen molar-refractivity contribution in [3.05, 3.63) is 35.1 Å². The van der Waals surface area contributed by atoms with E-state index < -0.39 is 5.82 Å². The van der Waals surface area contributed by atoms with Gasteiger partial charge in [-0.2, -0.15) is 5.26 Å². The molecule has 0 radical (unpaired) electrons. The second-order valence-corrected chi connectivity index (χ2v) is 4.88. The van der Waals surface area contributed by atoms with Crippen LogP contribution in [-0.2, 0) is 11.3 Å². The number of ether oxygens (including phenoxy) is 1. The maximum Gasteiger partial charge on any atom is 0.140 e. The Bertz CT molecular complexity index is 450. The minimum Gasteiger partial charge on any atom is -0.377 e. The minimum atomic E-state index is -0.462. The predicted octanol–water partition coefficient (Wildman–Crippen LogP) is 2.75. The summed E-state index contributed by atoms with van der Waals surface area (Å²) in [5.41, 5.74) is 1.01. The summed E-state index contributed by atoms with van der Waals surface area (Å²) in [6.07, 6.45) is 5.38. The number of nitrogens with zero attached hydrogens (tertiary/aromatic N) is 1. The Morgan fingerprint density at radius 2 is 2.16 bits per heavy atom. The highest BCUT2D eigenvalue weighted by Crippen LogP contribution is 2.20. The lowest BCUT2D eigenvalue weighted by Gasteiger charge is -2.11. The molecule has 0 heterocycles. The van der Waals surface area contributed by atoms with E-state index in [0.29, 0.717) is 19.3 Å². The van der Waals surface area contributed by atoms with Crippen molar-refractivity contribution in [3.8, 4) is 6.07 Å². The van der Waals surface area contributed by atoms with Crippen LogP contribution in [0.3, 0.4) is 0 Å². The van der Waals surface area contributed by atoms with Crippen LogP contribution in [0.1, 0.15) is 36.8 Å². The first-order chi connectivity index (χ1) is 9.29. The molecule has 1 aliphatic rings. The molecule has 1 aromatic carbocycles. The van der Waals surface area contributed by atoms with Crippen LogP contribution in [0.5, 0.6) is 0 Å². The van der Waals surface area contributed by atoms with Crippen molar-refractivity contribution < 1.29 is 9.13 Å². The molecule has 0 aliphatic heterocycles. The van der Waals surface area contributed by atoms with Gasteiger partial charge in [-0.3, -0.25) is 0 Å². The minimum absolute atomic E-state index is 0.0986. The van der Waals surface area contributed by atoms with Gasteiger partial charge >= 0.3 is 0 Å². The molecule has 0 unspecified atom stereocenters. The van der Waals surface area contributed by atoms with Crippen LogP contribution in [0.15, 0.2) is 18.2 Å². The van der Waals surface area contributed by atoms with Crippen molar-refractivity contribution >= 4 is 0 Å². The molecule has 4 heteroatoms. The van der Waals surface area contributed by atoms with Gasteiger partial charge in [-0.05, 0) is 30.5 Å². The molecular formula is C15H19FN2O. The number of rotatable bonds is 6. The van der Waals surface area contributed by atoms with Crippen molar-refractivity contribution in [2.24, 2.45) is 0 Å². The van der Waals surface area contributed by atoms with E-state index in [2.05, 4.69) is 5.32 Å². The fourth-order valence-electron chi connectivity index (χ4n) is 2.35. The molecule has 1 aliphatic carbocycles. The van der Waals surface area contributed by atoms with Crippen molar-refractivity contribution in [2.45, 2.75) is 38.3 Å². The summed E-state index contributed by atoms with van der Waals surface area (Å²) in [7, 11) is 0. The Kier molecular flexibility index (Phi) is 5.31. The number of nitrogens with one attached hydrogen (secondary N) is 1. The molecule has 19 heavy (non-hydrogen) atoms. The summed E-state index contributed by atoms with van der Waals surface area (Å²) >= 11 is 0. The van der Waals surface area contributed by atoms with E-state index >= 15 is 0 Å². The van der Waals surface area contributed by atoms with Crippen LogP contribution in [0.25, 0.3) is 0 Å². The summed E-state index contributed by atoms with van der Waals surface area (Å²) in [6, 6.07) is 6.46. The maximum atomic E-state index is 13.1. The summed E-state index contributed by atoms with van der Waals surface area (Å²) < 4.78 is 18.9. The number of nitriles is 1. The highest BCUT2D eigenvalue weighted by atomic mass is 19.1. The summed E-state index contributed by atoms with van der Waals surface area (Å²) in [6.45, 7) is 2.11. The highest BCUT2D eigenvalue weighted by Gasteiger charge is 2.14. The molecule has 2 rings (SSSR count). The molecule has 102 valence electrons. The second-order valence-electron chi connectivity index (χ2n) is 4.88. The van der Waals surface area contributed by atoms with Gasteiger partial charge in [0.05, 0.1) is 18.3 Å². The standard InChI is InChI=1S/C15H19FN2O/c16-15-6-5-12(9-13(15)10-17)11-18-7-8-19-14-3-1-2-4-14/h5-6,9,14,18H,1-4,7-8,11H2. The van der Waals surface area contributed by atoms with Crippen molar-refractivity contribution in [2.75, 3.05) is 13.2 Å². The van der Waals surface area contributed by atoms with Crippen LogP contribution >= 0.6 is 0 Å². The van der Waals surface area contributed by atoms with Crippen molar-refractivity contribution in [1.82, 2.24) is 5.32 Å². The smallest absolute Gasteiger partial charge is 0.140 e. The first kappa shape index (κ1) is 14.0. The first-order valence-corrected chi connectivity index (χ1v) is 6.80. The van der Waals surface area contributed by atoms with Gasteiger partial charge in [0.15, 0.2) is 0 Å². The quantitative estimate of drug-likeness (QED) is 0.802. The first-order valence-electron chi connectivity index (χ1n) is 6.80. The molecule has 0 spiro atoms. The molecule has 1 saturated carbocycles. The van der Waals surface area contributed by atoms with Crippen LogP contribution in [0.2, 0.25) is 0 Å². The zero-order valence-corrected chi connectivity index (χ0v) is 11.0. The van der Waals surface area contributed by atoms with Gasteiger partial charge in [0.1, 0.15) is 11.9 Å². The van der Waals surface area contributed by atoms with E-state index in [1.54, 1.807) is 12.1 Å². The number of hydrogen-bond donors (Lipinski definition) is 1. The van der Waals surface area contributed by atoms with Crippen LogP contribution in [0, 0.1) is 17.1 Å². The SMILES string of the molecule is N#Cc1cc(CNCCOC2CCCC2)ccc1F. The van der Waals surface area contributed by atoms with Gasteiger partial charge in [-0.15, -0.1) is 0 Å². The molecule has 1 N–H and O–H groups in total. The molecule has 0 atom stereocenters. The van der Waals surface area contributed by atoms with Gasteiger partial charge < -0.3 is 10.1 Å². The Labute approximate surface area is 113 Å². The topological polar surface area (TPSA) is 45.0 Å². The maximum absolute atomic E-state index is 13.1. The van der Waals surface area contributed by atoms with E-state index in [4.69, 9.17) is 10.00 Å². The monoisotopic (exact) mass is 262 g/mol. The van der Waals surface area contributed by atoms with E-state index in [1.807, 2.05) is 6.07 Å². The predicted molar refractivity (Wildman–Crippen MR) is 71.0 cm³/mol. The van der Waals surface area contributed by atoms with Crippen LogP contribution in [0.4, 0.5) is 4.39 Å². The summed E-state index contributed by atoms with van der Waals surface area (Å²) in [5.74, 6) is -0.462. The molecule has 0 saturated heterocycles. The Hall–Kier alpha value is -1.44. The van der Waals surface area contributed by atoms with Gasteiger partial charge in [0.25, 0.3) is 0 Å². The molecule has 0 bridgehead atoms. The molecule has 0 aromatic heterocycles. The van der Waals surface area contributed by atoms with Gasteiger partial charge in [0.2, 0.25) is 0 Å². The Morgan fingerprint density at radius 3 is 2.89 bits per heavy atom. The van der Waals surface area contributed by atoms with Gasteiger partial charge in [0, 0.05) is 13.1 Å². The zero-order chi connectivity index (χ0) is 13.5. The Balaban J connectivity index is 1.66. The second kappa shape index (κ2) is 7.22. The average molecular weight is 262 g/mol. The van der Waals surface area contributed by atoms with E-state index in [9.17, 15) is 4.39 Å². The number of benzene rings is 1. The third-order valence-corrected chi connectivity index (χ3v) is 3.41. The lowest BCUT2D eigenvalue weighted by molar-refractivity contribution is 0.0603. The average Bonchev–Trinajstić information content (AvgIpc) is 2.93. The third-order valence-electron chi connectivity index (χ3n) is 3.41. The van der Waals surface area contributed by atoms with Crippen LogP contribution < -0.4 is 5.32 Å². The molecule has 3 nitrogen and oxygen atoms in total. The lowest BCUT2D eigenvalue weighted by atomic mass is 10.1. The van der Waals surface area contributed by atoms with E-state index in [-0.39, 0.29) is 5.56 Å². The number of halogens is 1. The normalized spacial score (nSPS) is 15.6. The van der Waals surface area contributed by atoms with Gasteiger partial charge in [-0.1, -0.05) is 18.9 Å². The summed E-state index contributed by atoms with van der Waals surface area (Å²) in [4.78, 5) is 0. The zero-order valence-electron chi connectivity index (χ0n) is 11.0. The van der Waals surface area contributed by atoms with Crippen molar-refractivity contribution in [3.63, 3.8) is 0 Å². The fraction of sp³-hybridized carbons (Fsp3) is 0.533. The van der Waals surface area contributed by atoms with E-state index in [1.165, 1.54) is 31.7 Å². The molecule has 0 amide bonds. The third kappa shape index (κ3) is 4.30.